The molecule has 1 radical (unpaired) electrons. The van der Waals surface area contributed by atoms with E-state index in [1.807, 2.05) is 52.7 Å². The van der Waals surface area contributed by atoms with Gasteiger partial charge in [0, 0.05) is 30.1 Å². The summed E-state index contributed by atoms with van der Waals surface area (Å²) in [6, 6.07) is 0. The minimum absolute atomic E-state index is 0.465. The highest BCUT2D eigenvalue weighted by Gasteiger charge is 2.33. The Morgan fingerprint density at radius 1 is 0.852 bits per heavy atom. The summed E-state index contributed by atoms with van der Waals surface area (Å²) in [7, 11) is 0. The predicted octanol–water partition coefficient (Wildman–Crippen LogP) is 4.05. The highest BCUT2D eigenvalue weighted by molar-refractivity contribution is 8.29. The summed E-state index contributed by atoms with van der Waals surface area (Å²) >= 11 is 1.38. The van der Waals surface area contributed by atoms with E-state index in [1.165, 1.54) is 11.8 Å². The number of hydrogen-bond acceptors (Lipinski definition) is 8. The molecule has 1 aliphatic heterocycles. The van der Waals surface area contributed by atoms with E-state index in [1.54, 1.807) is 0 Å². The van der Waals surface area contributed by atoms with Gasteiger partial charge in [-0.25, -0.2) is 0 Å². The highest BCUT2D eigenvalue weighted by atomic mass is 32.2. The number of nitrogens with zero attached hydrogens (tertiary/aromatic N) is 7. The normalized spacial score (nSPS) is 18.1. The van der Waals surface area contributed by atoms with Crippen molar-refractivity contribution in [3.05, 3.63) is 0 Å². The van der Waals surface area contributed by atoms with E-state index in [-0.39, 0.29) is 0 Å². The van der Waals surface area contributed by atoms with Gasteiger partial charge >= 0.3 is 0 Å². The van der Waals surface area contributed by atoms with Gasteiger partial charge in [-0.1, -0.05) is 6.42 Å². The fourth-order valence-corrected chi connectivity index (χ4v) is 2.78. The zero-order chi connectivity index (χ0) is 20.2. The third kappa shape index (κ3) is 8.85. The molecule has 8 nitrogen and oxygen atoms in total. The van der Waals surface area contributed by atoms with Crippen LogP contribution in [-0.2, 0) is 4.79 Å². The molecular weight excluding hydrogens is 362 g/mol. The van der Waals surface area contributed by atoms with Crippen LogP contribution >= 0.6 is 11.8 Å². The Morgan fingerprint density at radius 3 is 2.04 bits per heavy atom. The Morgan fingerprint density at radius 2 is 1.44 bits per heavy atom. The molecule has 1 rings (SSSR count). The first kappa shape index (κ1) is 22.9. The van der Waals surface area contributed by atoms with Gasteiger partial charge < -0.3 is 0 Å². The molecule has 1 aliphatic rings. The smallest absolute Gasteiger partial charge is 0.198 e. The van der Waals surface area contributed by atoms with Crippen LogP contribution in [0.4, 0.5) is 0 Å². The molecule has 1 saturated heterocycles. The molecule has 0 amide bonds. The van der Waals surface area contributed by atoms with Crippen molar-refractivity contribution < 1.29 is 4.79 Å². The number of carbonyl (C=O) groups excluding carboxylic acids is 1. The van der Waals surface area contributed by atoms with E-state index < -0.39 is 0 Å². The fraction of sp³-hybridized carbons (Fsp3) is 0.611. The van der Waals surface area contributed by atoms with Crippen LogP contribution < -0.4 is 0 Å². The average Bonchev–Trinajstić information content (AvgIpc) is 2.92. The molecule has 0 aliphatic carbocycles. The molecule has 0 spiro atoms. The molecule has 0 N–H and O–H groups in total. The molecule has 0 aromatic rings. The maximum absolute atomic E-state index is 10.4. The third-order valence-electron chi connectivity index (χ3n) is 3.05. The van der Waals surface area contributed by atoms with Crippen molar-refractivity contribution in [2.75, 3.05) is 6.54 Å². The van der Waals surface area contributed by atoms with Gasteiger partial charge in [0.25, 0.3) is 0 Å². The molecule has 0 bridgehead atoms. The summed E-state index contributed by atoms with van der Waals surface area (Å²) in [5.74, 6) is 0.621. The summed E-state index contributed by atoms with van der Waals surface area (Å²) in [5, 5.41) is 26.9. The number of hydrogen-bond donors (Lipinski definition) is 0. The van der Waals surface area contributed by atoms with Crippen LogP contribution in [0.5, 0.6) is 0 Å². The first-order valence-corrected chi connectivity index (χ1v) is 9.74. The lowest BCUT2D eigenvalue weighted by atomic mass is 10.2. The van der Waals surface area contributed by atoms with Crippen molar-refractivity contribution in [2.45, 2.75) is 67.2 Å². The van der Waals surface area contributed by atoms with Crippen LogP contribution in [0.15, 0.2) is 30.6 Å². The molecule has 0 unspecified atom stereocenters. The van der Waals surface area contributed by atoms with Gasteiger partial charge in [0.05, 0.1) is 0 Å². The van der Waals surface area contributed by atoms with Crippen LogP contribution in [0.25, 0.3) is 0 Å². The van der Waals surface area contributed by atoms with E-state index in [9.17, 15) is 4.79 Å². The maximum atomic E-state index is 10.4. The molecular formula is C18H28N7OS. The van der Waals surface area contributed by atoms with Crippen molar-refractivity contribution in [3.8, 4) is 0 Å². The Hall–Kier alpha value is -2.16. The van der Waals surface area contributed by atoms with Crippen LogP contribution in [0.2, 0.25) is 0 Å². The number of thioether (sulfide) groups is 1. The topological polar surface area (TPSA) is 94.5 Å². The Balaban J connectivity index is 3.20. The van der Waals surface area contributed by atoms with Gasteiger partial charge in [-0.05, 0) is 66.1 Å². The minimum Gasteiger partial charge on any atom is -0.300 e. The van der Waals surface area contributed by atoms with Crippen LogP contribution in [0, 0.1) is 0 Å². The van der Waals surface area contributed by atoms with Gasteiger partial charge in [-0.2, -0.15) is 15.3 Å². The minimum atomic E-state index is 0.465. The van der Waals surface area contributed by atoms with Crippen LogP contribution in [0.3, 0.4) is 0 Å². The summed E-state index contributed by atoms with van der Waals surface area (Å²) < 4.78 is 0. The molecule has 27 heavy (non-hydrogen) atoms. The summed E-state index contributed by atoms with van der Waals surface area (Å²) in [6.07, 6.45) is 5.02. The lowest BCUT2D eigenvalue weighted by Crippen LogP contribution is -2.32. The molecule has 0 atom stereocenters. The Kier molecular flexibility index (Phi) is 10.4. The Labute approximate surface area is 165 Å². The highest BCUT2D eigenvalue weighted by Crippen LogP contribution is 2.25. The van der Waals surface area contributed by atoms with Gasteiger partial charge in [-0.15, -0.1) is 15.3 Å². The van der Waals surface area contributed by atoms with Crippen LogP contribution in [0.1, 0.15) is 67.2 Å². The lowest BCUT2D eigenvalue weighted by molar-refractivity contribution is 0.533. The molecule has 147 valence electrons. The zero-order valence-corrected chi connectivity index (χ0v) is 17.8. The van der Waals surface area contributed by atoms with E-state index in [4.69, 9.17) is 0 Å². The van der Waals surface area contributed by atoms with Crippen molar-refractivity contribution in [1.29, 1.82) is 0 Å². The predicted molar refractivity (Wildman–Crippen MR) is 117 cm³/mol. The largest absolute Gasteiger partial charge is 0.300 e. The van der Waals surface area contributed by atoms with Crippen molar-refractivity contribution in [3.63, 3.8) is 0 Å². The van der Waals surface area contributed by atoms with Crippen molar-refractivity contribution in [1.82, 2.24) is 4.90 Å². The number of unbranched alkanes of at least 4 members (excludes halogenated alkanes) is 3. The van der Waals surface area contributed by atoms with Crippen molar-refractivity contribution >= 4 is 51.2 Å². The second kappa shape index (κ2) is 12.3. The summed E-state index contributed by atoms with van der Waals surface area (Å²) in [6.45, 7) is 12.0. The van der Waals surface area contributed by atoms with Crippen molar-refractivity contribution in [2.24, 2.45) is 30.6 Å². The first-order chi connectivity index (χ1) is 12.8. The SMILES string of the molecule is CC(C)=NN=C1SC(=NN=C(C)C)N(CCCCC[C]=O)C1=NN=C(C)C. The average molecular weight is 391 g/mol. The van der Waals surface area contributed by atoms with Gasteiger partial charge in [0.1, 0.15) is 0 Å². The van der Waals surface area contributed by atoms with E-state index in [0.29, 0.717) is 29.0 Å². The zero-order valence-electron chi connectivity index (χ0n) is 17.0. The summed E-state index contributed by atoms with van der Waals surface area (Å²) in [4.78, 5) is 12.3. The van der Waals surface area contributed by atoms with E-state index in [0.717, 1.165) is 36.4 Å². The van der Waals surface area contributed by atoms with E-state index in [2.05, 4.69) is 30.6 Å². The van der Waals surface area contributed by atoms with Gasteiger partial charge in [-0.3, -0.25) is 9.69 Å². The monoisotopic (exact) mass is 390 g/mol. The number of rotatable bonds is 9. The van der Waals surface area contributed by atoms with Crippen LogP contribution in [-0.4, -0.2) is 50.9 Å². The lowest BCUT2D eigenvalue weighted by Gasteiger charge is -2.16. The molecule has 1 fully saturated rings. The maximum Gasteiger partial charge on any atom is 0.198 e. The molecule has 1 heterocycles. The summed E-state index contributed by atoms with van der Waals surface area (Å²) in [5.41, 5.74) is 2.55. The quantitative estimate of drug-likeness (QED) is 0.338. The third-order valence-corrected chi connectivity index (χ3v) is 3.99. The fourth-order valence-electron chi connectivity index (χ4n) is 1.91. The molecule has 0 aromatic carbocycles. The number of amidine groups is 2. The Bertz CT molecular complexity index is 692. The standard InChI is InChI=1S/C18H28N7OS/c1-13(2)19-22-16-17(23-20-14(3)4)27-18(24-21-15(5)6)25(16)11-9-7-8-10-12-26/h7-11H2,1-6H3. The molecule has 0 aromatic heterocycles. The van der Waals surface area contributed by atoms with Gasteiger partial charge in [0.15, 0.2) is 22.3 Å². The molecule has 9 heteroatoms. The molecule has 0 saturated carbocycles. The van der Waals surface area contributed by atoms with Gasteiger partial charge in [0.2, 0.25) is 0 Å². The second-order valence-corrected chi connectivity index (χ2v) is 7.52. The first-order valence-electron chi connectivity index (χ1n) is 8.92. The van der Waals surface area contributed by atoms with E-state index >= 15 is 0 Å². The second-order valence-electron chi connectivity index (χ2n) is 6.56.